The molecule has 0 saturated heterocycles. The number of nitrogens with one attached hydrogen (secondary N) is 1. The second kappa shape index (κ2) is 6.94. The first-order valence-corrected chi connectivity index (χ1v) is 9.86. The molecule has 0 radical (unpaired) electrons. The molecule has 5 rings (SSSR count). The molecule has 0 aliphatic carbocycles. The minimum absolute atomic E-state index is 0.0583. The number of benzene rings is 1. The van der Waals surface area contributed by atoms with Crippen molar-refractivity contribution in [3.63, 3.8) is 0 Å². The lowest BCUT2D eigenvalue weighted by atomic mass is 9.86. The maximum atomic E-state index is 12.6. The van der Waals surface area contributed by atoms with Crippen molar-refractivity contribution in [2.24, 2.45) is 0 Å². The molecule has 152 valence electrons. The first-order valence-electron chi connectivity index (χ1n) is 9.86. The Hall–Kier alpha value is -3.75. The molecule has 1 aliphatic heterocycles. The molecule has 1 N–H and O–H groups in total. The van der Waals surface area contributed by atoms with E-state index in [1.807, 2.05) is 57.2 Å². The predicted molar refractivity (Wildman–Crippen MR) is 110 cm³/mol. The van der Waals surface area contributed by atoms with E-state index in [0.717, 1.165) is 22.6 Å². The average Bonchev–Trinajstić information content (AvgIpc) is 3.27. The predicted octanol–water partition coefficient (Wildman–Crippen LogP) is 2.80. The molecule has 0 bridgehead atoms. The van der Waals surface area contributed by atoms with Gasteiger partial charge in [0.15, 0.2) is 17.3 Å². The van der Waals surface area contributed by atoms with Gasteiger partial charge < -0.3 is 10.1 Å². The molecular formula is C21H21N7O2. The zero-order valence-corrected chi connectivity index (χ0v) is 17.0. The lowest BCUT2D eigenvalue weighted by molar-refractivity contribution is -0.116. The van der Waals surface area contributed by atoms with Gasteiger partial charge in [-0.3, -0.25) is 4.79 Å². The minimum Gasteiger partial charge on any atom is -0.494 e. The van der Waals surface area contributed by atoms with Crippen molar-refractivity contribution in [3.05, 3.63) is 59.0 Å². The Morgan fingerprint density at radius 2 is 2.03 bits per heavy atom. The van der Waals surface area contributed by atoms with Crippen molar-refractivity contribution in [2.45, 2.75) is 33.1 Å². The monoisotopic (exact) mass is 403 g/mol. The third-order valence-electron chi connectivity index (χ3n) is 5.30. The molecule has 0 fully saturated rings. The van der Waals surface area contributed by atoms with E-state index in [1.54, 1.807) is 9.20 Å². The third-order valence-corrected chi connectivity index (χ3v) is 5.30. The van der Waals surface area contributed by atoms with Crippen LogP contribution < -0.4 is 10.1 Å². The Morgan fingerprint density at radius 3 is 2.87 bits per heavy atom. The third kappa shape index (κ3) is 2.90. The van der Waals surface area contributed by atoms with E-state index in [1.165, 1.54) is 0 Å². The Morgan fingerprint density at radius 1 is 1.17 bits per heavy atom. The van der Waals surface area contributed by atoms with Gasteiger partial charge in [0.1, 0.15) is 11.6 Å². The first kappa shape index (κ1) is 18.3. The van der Waals surface area contributed by atoms with E-state index in [0.29, 0.717) is 36.1 Å². The maximum absolute atomic E-state index is 12.6. The summed E-state index contributed by atoms with van der Waals surface area (Å²) in [5.74, 6) is 2.54. The highest BCUT2D eigenvalue weighted by Gasteiger charge is 2.33. The number of amides is 1. The van der Waals surface area contributed by atoms with E-state index in [4.69, 9.17) is 9.84 Å². The van der Waals surface area contributed by atoms with E-state index in [-0.39, 0.29) is 11.8 Å². The zero-order valence-electron chi connectivity index (χ0n) is 17.0. The number of hydrogen-bond acceptors (Lipinski definition) is 6. The van der Waals surface area contributed by atoms with Crippen LogP contribution in [0.25, 0.3) is 11.5 Å². The van der Waals surface area contributed by atoms with E-state index in [9.17, 15) is 4.79 Å². The number of ether oxygens (including phenoxy) is 1. The summed E-state index contributed by atoms with van der Waals surface area (Å²) in [7, 11) is 0. The van der Waals surface area contributed by atoms with E-state index >= 15 is 0 Å². The highest BCUT2D eigenvalue weighted by atomic mass is 16.5. The SMILES string of the molecule is CCOc1cccc(C2CC(=O)Nc3c2c(C)nn3-c2ccc3nnc(C)n3n2)c1. The quantitative estimate of drug-likeness (QED) is 0.563. The Kier molecular flexibility index (Phi) is 4.23. The molecule has 1 amide bonds. The minimum atomic E-state index is -0.108. The van der Waals surface area contributed by atoms with Gasteiger partial charge >= 0.3 is 0 Å². The molecule has 1 aliphatic rings. The normalized spacial score (nSPS) is 15.8. The molecule has 1 aromatic carbocycles. The molecule has 3 aromatic heterocycles. The fraction of sp³-hybridized carbons (Fsp3) is 0.286. The Balaban J connectivity index is 1.64. The van der Waals surface area contributed by atoms with Crippen molar-refractivity contribution >= 4 is 17.4 Å². The first-order chi connectivity index (χ1) is 14.5. The van der Waals surface area contributed by atoms with Gasteiger partial charge in [-0.25, -0.2) is 0 Å². The van der Waals surface area contributed by atoms with Crippen LogP contribution in [0.5, 0.6) is 5.75 Å². The Bertz CT molecular complexity index is 1270. The molecule has 9 heteroatoms. The largest absolute Gasteiger partial charge is 0.494 e. The highest BCUT2D eigenvalue weighted by molar-refractivity contribution is 5.95. The van der Waals surface area contributed by atoms with Crippen LogP contribution in [0.1, 0.15) is 41.9 Å². The topological polar surface area (TPSA) is 99.2 Å². The summed E-state index contributed by atoms with van der Waals surface area (Å²) in [4.78, 5) is 12.6. The number of carbonyl (C=O) groups excluding carboxylic acids is 1. The van der Waals surface area contributed by atoms with Gasteiger partial charge in [0.25, 0.3) is 0 Å². The van der Waals surface area contributed by atoms with Gasteiger partial charge in [0.2, 0.25) is 5.91 Å². The van der Waals surface area contributed by atoms with Crippen LogP contribution in [0.4, 0.5) is 5.82 Å². The second-order valence-corrected chi connectivity index (χ2v) is 7.28. The van der Waals surface area contributed by atoms with Crippen LogP contribution >= 0.6 is 0 Å². The van der Waals surface area contributed by atoms with Crippen molar-refractivity contribution < 1.29 is 9.53 Å². The van der Waals surface area contributed by atoms with Crippen molar-refractivity contribution in [1.29, 1.82) is 0 Å². The summed E-state index contributed by atoms with van der Waals surface area (Å²) in [5, 5.41) is 20.4. The van der Waals surface area contributed by atoms with Gasteiger partial charge in [0, 0.05) is 17.9 Å². The van der Waals surface area contributed by atoms with E-state index in [2.05, 4.69) is 20.6 Å². The summed E-state index contributed by atoms with van der Waals surface area (Å²) in [5.41, 5.74) is 3.52. The van der Waals surface area contributed by atoms with Crippen LogP contribution in [0.2, 0.25) is 0 Å². The highest BCUT2D eigenvalue weighted by Crippen LogP contribution is 2.40. The number of carbonyl (C=O) groups is 1. The molecule has 4 aromatic rings. The van der Waals surface area contributed by atoms with Crippen molar-refractivity contribution in [3.8, 4) is 11.6 Å². The molecule has 9 nitrogen and oxygen atoms in total. The number of fused-ring (bicyclic) bond motifs is 2. The number of aromatic nitrogens is 6. The number of nitrogens with zero attached hydrogens (tertiary/aromatic N) is 6. The van der Waals surface area contributed by atoms with Crippen LogP contribution in [-0.4, -0.2) is 42.1 Å². The molecular weight excluding hydrogens is 382 g/mol. The summed E-state index contributed by atoms with van der Waals surface area (Å²) >= 11 is 0. The second-order valence-electron chi connectivity index (χ2n) is 7.28. The summed E-state index contributed by atoms with van der Waals surface area (Å²) in [6.45, 7) is 6.33. The van der Waals surface area contributed by atoms with Crippen molar-refractivity contribution in [1.82, 2.24) is 29.6 Å². The maximum Gasteiger partial charge on any atom is 0.226 e. The van der Waals surface area contributed by atoms with Crippen LogP contribution in [0.15, 0.2) is 36.4 Å². The van der Waals surface area contributed by atoms with Gasteiger partial charge in [0.05, 0.1) is 12.3 Å². The van der Waals surface area contributed by atoms with Gasteiger partial charge in [-0.1, -0.05) is 12.1 Å². The molecule has 1 unspecified atom stereocenters. The lowest BCUT2D eigenvalue weighted by Crippen LogP contribution is -2.25. The average molecular weight is 403 g/mol. The summed E-state index contributed by atoms with van der Waals surface area (Å²) in [6.07, 6.45) is 0.353. The number of rotatable bonds is 4. The van der Waals surface area contributed by atoms with Crippen LogP contribution in [-0.2, 0) is 4.79 Å². The Labute approximate surface area is 172 Å². The molecule has 0 saturated carbocycles. The van der Waals surface area contributed by atoms with E-state index < -0.39 is 0 Å². The van der Waals surface area contributed by atoms with Gasteiger partial charge in [-0.15, -0.1) is 15.3 Å². The fourth-order valence-corrected chi connectivity index (χ4v) is 3.98. The number of aryl methyl sites for hydroxylation is 2. The lowest BCUT2D eigenvalue weighted by Gasteiger charge is -2.24. The standard InChI is InChI=1S/C21H21N7O2/c1-4-30-15-7-5-6-14(10-15)16-11-19(29)22-21-20(16)12(2)25-28(21)18-9-8-17-24-23-13(3)27(17)26-18/h5-10,16H,4,11H2,1-3H3,(H,22,29). The van der Waals surface area contributed by atoms with Gasteiger partial charge in [-0.2, -0.15) is 14.3 Å². The molecule has 1 atom stereocenters. The summed E-state index contributed by atoms with van der Waals surface area (Å²) < 4.78 is 9.00. The molecule has 4 heterocycles. The molecule has 30 heavy (non-hydrogen) atoms. The number of anilines is 1. The summed E-state index contributed by atoms with van der Waals surface area (Å²) in [6, 6.07) is 11.6. The van der Waals surface area contributed by atoms with Crippen LogP contribution in [0, 0.1) is 13.8 Å². The van der Waals surface area contributed by atoms with Crippen molar-refractivity contribution in [2.75, 3.05) is 11.9 Å². The zero-order chi connectivity index (χ0) is 20.8. The van der Waals surface area contributed by atoms with Gasteiger partial charge in [-0.05, 0) is 50.6 Å². The number of hydrogen-bond donors (Lipinski definition) is 1. The molecule has 0 spiro atoms. The van der Waals surface area contributed by atoms with Crippen LogP contribution in [0.3, 0.4) is 0 Å². The smallest absolute Gasteiger partial charge is 0.226 e. The fourth-order valence-electron chi connectivity index (χ4n) is 3.98.